The molecule has 1 aromatic carbocycles. The van der Waals surface area contributed by atoms with E-state index < -0.39 is 0 Å². The summed E-state index contributed by atoms with van der Waals surface area (Å²) in [7, 11) is 0. The Balaban J connectivity index is 2.20. The van der Waals surface area contributed by atoms with E-state index in [0.717, 1.165) is 23.9 Å². The second-order valence-corrected chi connectivity index (χ2v) is 6.13. The summed E-state index contributed by atoms with van der Waals surface area (Å²) in [5, 5.41) is 2.12. The molecule has 3 rings (SSSR count). The van der Waals surface area contributed by atoms with Gasteiger partial charge in [-0.15, -0.1) is 11.3 Å². The zero-order valence-electron chi connectivity index (χ0n) is 11.8. The molecular formula is C16H19N3S. The topological polar surface area (TPSA) is 43.8 Å². The number of nitrogens with zero attached hydrogens (tertiary/aromatic N) is 2. The van der Waals surface area contributed by atoms with Crippen LogP contribution < -0.4 is 5.73 Å². The van der Waals surface area contributed by atoms with Crippen LogP contribution in [0.4, 0.5) is 5.95 Å². The van der Waals surface area contributed by atoms with Crippen LogP contribution in [0, 0.1) is 6.92 Å². The first-order valence-electron chi connectivity index (χ1n) is 6.98. The van der Waals surface area contributed by atoms with E-state index in [0.29, 0.717) is 5.95 Å². The molecule has 104 valence electrons. The molecule has 0 radical (unpaired) electrons. The first-order valence-corrected chi connectivity index (χ1v) is 7.86. The Morgan fingerprint density at radius 2 is 2.20 bits per heavy atom. The number of benzene rings is 1. The first kappa shape index (κ1) is 13.2. The second kappa shape index (κ2) is 5.29. The summed E-state index contributed by atoms with van der Waals surface area (Å²) in [4.78, 5) is 5.86. The van der Waals surface area contributed by atoms with E-state index in [9.17, 15) is 0 Å². The van der Waals surface area contributed by atoms with Crippen LogP contribution in [0.15, 0.2) is 35.7 Å². The minimum atomic E-state index is 0.284. The average molecular weight is 285 g/mol. The van der Waals surface area contributed by atoms with Crippen molar-refractivity contribution in [1.29, 1.82) is 0 Å². The normalized spacial score (nSPS) is 12.9. The highest BCUT2D eigenvalue weighted by atomic mass is 32.1. The lowest BCUT2D eigenvalue weighted by molar-refractivity contribution is 0.560. The minimum absolute atomic E-state index is 0.284. The van der Waals surface area contributed by atoms with Crippen LogP contribution in [-0.2, 0) is 0 Å². The average Bonchev–Trinajstić information content (AvgIpc) is 3.04. The molecule has 0 aliphatic rings. The lowest BCUT2D eigenvalue weighted by Gasteiger charge is -2.19. The Morgan fingerprint density at radius 3 is 2.90 bits per heavy atom. The summed E-state index contributed by atoms with van der Waals surface area (Å²) < 4.78 is 2.19. The number of thiophene rings is 1. The Bertz CT molecular complexity index is 713. The quantitative estimate of drug-likeness (QED) is 0.773. The number of fused-ring (bicyclic) bond motifs is 1. The third-order valence-electron chi connectivity index (χ3n) is 3.62. The third-order valence-corrected chi connectivity index (χ3v) is 4.59. The molecule has 2 heterocycles. The minimum Gasteiger partial charge on any atom is -0.369 e. The molecule has 2 aromatic heterocycles. The highest BCUT2D eigenvalue weighted by molar-refractivity contribution is 7.10. The van der Waals surface area contributed by atoms with E-state index in [4.69, 9.17) is 5.73 Å². The highest BCUT2D eigenvalue weighted by Gasteiger charge is 2.19. The lowest BCUT2D eigenvalue weighted by atomic mass is 10.1. The molecule has 2 N–H and O–H groups in total. The van der Waals surface area contributed by atoms with E-state index >= 15 is 0 Å². The van der Waals surface area contributed by atoms with Gasteiger partial charge in [0.25, 0.3) is 0 Å². The maximum Gasteiger partial charge on any atom is 0.201 e. The fourth-order valence-electron chi connectivity index (χ4n) is 2.70. The van der Waals surface area contributed by atoms with Crippen molar-refractivity contribution in [3.05, 3.63) is 46.2 Å². The summed E-state index contributed by atoms with van der Waals surface area (Å²) in [5.41, 5.74) is 9.54. The van der Waals surface area contributed by atoms with Crippen molar-refractivity contribution < 1.29 is 0 Å². The maximum absolute atomic E-state index is 6.20. The monoisotopic (exact) mass is 285 g/mol. The Kier molecular flexibility index (Phi) is 3.49. The molecule has 20 heavy (non-hydrogen) atoms. The predicted octanol–water partition coefficient (Wildman–Crippen LogP) is 4.38. The molecular weight excluding hydrogens is 266 g/mol. The molecule has 0 aliphatic carbocycles. The van der Waals surface area contributed by atoms with Crippen molar-refractivity contribution in [3.8, 4) is 0 Å². The molecule has 0 spiro atoms. The maximum atomic E-state index is 6.20. The molecule has 0 aliphatic heterocycles. The summed E-state index contributed by atoms with van der Waals surface area (Å²) >= 11 is 1.79. The lowest BCUT2D eigenvalue weighted by Crippen LogP contribution is -2.12. The smallest absolute Gasteiger partial charge is 0.201 e. The van der Waals surface area contributed by atoms with Gasteiger partial charge in [0.15, 0.2) is 0 Å². The predicted molar refractivity (Wildman–Crippen MR) is 86.2 cm³/mol. The van der Waals surface area contributed by atoms with E-state index in [2.05, 4.69) is 59.1 Å². The zero-order valence-corrected chi connectivity index (χ0v) is 12.7. The van der Waals surface area contributed by atoms with Gasteiger partial charge in [-0.1, -0.05) is 25.5 Å². The highest BCUT2D eigenvalue weighted by Crippen LogP contribution is 2.33. The largest absolute Gasteiger partial charge is 0.369 e. The second-order valence-electron chi connectivity index (χ2n) is 5.15. The van der Waals surface area contributed by atoms with E-state index in [-0.39, 0.29) is 6.04 Å². The molecule has 3 nitrogen and oxygen atoms in total. The standard InChI is InChI=1S/C16H19N3S/c1-3-5-13(15-6-4-9-20-15)19-14-10-11(2)7-8-12(14)18-16(19)17/h4,6-10,13H,3,5H2,1-2H3,(H2,17,18). The van der Waals surface area contributed by atoms with Crippen LogP contribution in [0.25, 0.3) is 11.0 Å². The van der Waals surface area contributed by atoms with Gasteiger partial charge in [0.05, 0.1) is 17.1 Å². The van der Waals surface area contributed by atoms with Gasteiger partial charge in [0.1, 0.15) is 0 Å². The number of anilines is 1. The van der Waals surface area contributed by atoms with Crippen molar-refractivity contribution in [1.82, 2.24) is 9.55 Å². The summed E-state index contributed by atoms with van der Waals surface area (Å²) in [6, 6.07) is 10.9. The number of nitrogen functional groups attached to an aromatic ring is 1. The van der Waals surface area contributed by atoms with Crippen LogP contribution in [0.5, 0.6) is 0 Å². The molecule has 0 bridgehead atoms. The molecule has 0 saturated carbocycles. The molecule has 1 unspecified atom stereocenters. The Labute approximate surface area is 123 Å². The van der Waals surface area contributed by atoms with Gasteiger partial charge in [-0.2, -0.15) is 0 Å². The molecule has 4 heteroatoms. The summed E-state index contributed by atoms with van der Waals surface area (Å²) in [5.74, 6) is 0.609. The van der Waals surface area contributed by atoms with Gasteiger partial charge in [0.2, 0.25) is 5.95 Å². The molecule has 0 saturated heterocycles. The molecule has 3 aromatic rings. The van der Waals surface area contributed by atoms with Crippen molar-refractivity contribution in [2.24, 2.45) is 0 Å². The number of imidazole rings is 1. The number of hydrogen-bond acceptors (Lipinski definition) is 3. The summed E-state index contributed by atoms with van der Waals surface area (Å²) in [6.45, 7) is 4.31. The zero-order chi connectivity index (χ0) is 14.1. The molecule has 1 atom stereocenters. The number of aryl methyl sites for hydroxylation is 1. The van der Waals surface area contributed by atoms with Crippen molar-refractivity contribution in [2.45, 2.75) is 32.7 Å². The molecule has 0 fully saturated rings. The Hall–Kier alpha value is -1.81. The van der Waals surface area contributed by atoms with E-state index in [1.807, 2.05) is 0 Å². The van der Waals surface area contributed by atoms with Gasteiger partial charge in [-0.25, -0.2) is 4.98 Å². The van der Waals surface area contributed by atoms with Crippen LogP contribution in [0.1, 0.15) is 36.2 Å². The van der Waals surface area contributed by atoms with Gasteiger partial charge >= 0.3 is 0 Å². The fourth-order valence-corrected chi connectivity index (χ4v) is 3.55. The van der Waals surface area contributed by atoms with Gasteiger partial charge in [-0.05, 0) is 42.5 Å². The van der Waals surface area contributed by atoms with Gasteiger partial charge in [0, 0.05) is 4.88 Å². The van der Waals surface area contributed by atoms with Crippen LogP contribution in [0.3, 0.4) is 0 Å². The van der Waals surface area contributed by atoms with Crippen LogP contribution in [-0.4, -0.2) is 9.55 Å². The van der Waals surface area contributed by atoms with Crippen molar-refractivity contribution in [2.75, 3.05) is 5.73 Å². The van der Waals surface area contributed by atoms with E-state index in [1.54, 1.807) is 11.3 Å². The number of rotatable bonds is 4. The van der Waals surface area contributed by atoms with Gasteiger partial charge < -0.3 is 10.3 Å². The van der Waals surface area contributed by atoms with Gasteiger partial charge in [-0.3, -0.25) is 0 Å². The Morgan fingerprint density at radius 1 is 1.35 bits per heavy atom. The van der Waals surface area contributed by atoms with Crippen molar-refractivity contribution in [3.63, 3.8) is 0 Å². The first-order chi connectivity index (χ1) is 9.70. The third kappa shape index (κ3) is 2.20. The summed E-state index contributed by atoms with van der Waals surface area (Å²) in [6.07, 6.45) is 2.19. The fraction of sp³-hybridized carbons (Fsp3) is 0.312. The van der Waals surface area contributed by atoms with E-state index in [1.165, 1.54) is 10.4 Å². The van der Waals surface area contributed by atoms with Crippen molar-refractivity contribution >= 4 is 28.3 Å². The number of hydrogen-bond donors (Lipinski definition) is 1. The number of nitrogens with two attached hydrogens (primary N) is 1. The SMILES string of the molecule is CCCC(c1cccs1)n1c(N)nc2ccc(C)cc21. The number of aromatic nitrogens is 2. The van der Waals surface area contributed by atoms with Crippen LogP contribution >= 0.6 is 11.3 Å². The van der Waals surface area contributed by atoms with Crippen LogP contribution in [0.2, 0.25) is 0 Å². The molecule has 0 amide bonds.